The molecule has 4 heteroatoms. The van der Waals surface area contributed by atoms with Gasteiger partial charge >= 0.3 is 0 Å². The predicted molar refractivity (Wildman–Crippen MR) is 69.3 cm³/mol. The Morgan fingerprint density at radius 3 is 3.06 bits per heavy atom. The highest BCUT2D eigenvalue weighted by Gasteiger charge is 2.18. The topological polar surface area (TPSA) is 26.3 Å². The first-order chi connectivity index (χ1) is 7.66. The van der Waals surface area contributed by atoms with E-state index < -0.39 is 0 Å². The lowest BCUT2D eigenvalue weighted by atomic mass is 10.0. The molecule has 2 rings (SSSR count). The van der Waals surface area contributed by atoms with Crippen LogP contribution in [0.3, 0.4) is 0 Å². The lowest BCUT2D eigenvalue weighted by Gasteiger charge is -2.07. The molecule has 2 heterocycles. The maximum Gasteiger partial charge on any atom is 0.164 e. The zero-order valence-electron chi connectivity index (χ0n) is 9.29. The van der Waals surface area contributed by atoms with E-state index >= 15 is 0 Å². The fourth-order valence-electron chi connectivity index (χ4n) is 2.02. The fraction of sp³-hybridized carbons (Fsp3) is 0.583. The van der Waals surface area contributed by atoms with Crippen molar-refractivity contribution in [3.05, 3.63) is 20.3 Å². The summed E-state index contributed by atoms with van der Waals surface area (Å²) in [6.45, 7) is 2.86. The first-order valence-corrected chi connectivity index (χ1v) is 7.18. The highest BCUT2D eigenvalue weighted by molar-refractivity contribution is 9.11. The minimum atomic E-state index is 0.245. The number of hydrogen-bond donors (Lipinski definition) is 0. The Kier molecular flexibility index (Phi) is 4.16. The maximum absolute atomic E-state index is 12.0. The van der Waals surface area contributed by atoms with E-state index in [2.05, 4.69) is 15.9 Å². The van der Waals surface area contributed by atoms with Gasteiger partial charge in [0.25, 0.3) is 0 Å². The molecule has 1 aromatic heterocycles. The second-order valence-electron chi connectivity index (χ2n) is 4.12. The first-order valence-electron chi connectivity index (χ1n) is 5.57. The van der Waals surface area contributed by atoms with Gasteiger partial charge in [0, 0.05) is 23.5 Å². The molecule has 2 nitrogen and oxygen atoms in total. The van der Waals surface area contributed by atoms with Gasteiger partial charge in [-0.3, -0.25) is 4.79 Å². The van der Waals surface area contributed by atoms with Crippen molar-refractivity contribution in [1.29, 1.82) is 0 Å². The molecule has 0 amide bonds. The van der Waals surface area contributed by atoms with Crippen LogP contribution in [-0.4, -0.2) is 18.5 Å². The Morgan fingerprint density at radius 2 is 2.50 bits per heavy atom. The molecule has 1 fully saturated rings. The van der Waals surface area contributed by atoms with Gasteiger partial charge in [-0.1, -0.05) is 0 Å². The van der Waals surface area contributed by atoms with Gasteiger partial charge in [0.2, 0.25) is 0 Å². The summed E-state index contributed by atoms with van der Waals surface area (Å²) in [6, 6.07) is 1.93. The van der Waals surface area contributed by atoms with E-state index in [4.69, 9.17) is 4.74 Å². The lowest BCUT2D eigenvalue weighted by molar-refractivity contribution is 0.0859. The van der Waals surface area contributed by atoms with Crippen LogP contribution in [-0.2, 0) is 4.74 Å². The zero-order valence-corrected chi connectivity index (χ0v) is 11.7. The summed E-state index contributed by atoms with van der Waals surface area (Å²) >= 11 is 5.03. The Morgan fingerprint density at radius 1 is 1.69 bits per heavy atom. The van der Waals surface area contributed by atoms with Gasteiger partial charge in [0.1, 0.15) is 0 Å². The molecule has 88 valence electrons. The molecule has 1 unspecified atom stereocenters. The third kappa shape index (κ3) is 2.93. The number of ketones is 1. The number of rotatable bonds is 4. The molecular weight excluding hydrogens is 288 g/mol. The summed E-state index contributed by atoms with van der Waals surface area (Å²) in [6.07, 6.45) is 4.04. The highest BCUT2D eigenvalue weighted by atomic mass is 79.9. The van der Waals surface area contributed by atoms with E-state index in [1.54, 1.807) is 11.3 Å². The summed E-state index contributed by atoms with van der Waals surface area (Å²) in [5, 5.41) is 0. The molecule has 0 aliphatic carbocycles. The van der Waals surface area contributed by atoms with E-state index in [0.717, 1.165) is 40.1 Å². The molecule has 0 aromatic carbocycles. The van der Waals surface area contributed by atoms with E-state index in [9.17, 15) is 4.79 Å². The molecule has 1 atom stereocenters. The second kappa shape index (κ2) is 5.43. The summed E-state index contributed by atoms with van der Waals surface area (Å²) in [7, 11) is 0. The van der Waals surface area contributed by atoms with Crippen molar-refractivity contribution in [2.45, 2.75) is 38.7 Å². The molecule has 1 aromatic rings. The molecular formula is C12H15BrO2S. The monoisotopic (exact) mass is 302 g/mol. The van der Waals surface area contributed by atoms with Gasteiger partial charge < -0.3 is 4.74 Å². The van der Waals surface area contributed by atoms with Crippen LogP contribution in [0.5, 0.6) is 0 Å². The number of carbonyl (C=O) groups is 1. The summed E-state index contributed by atoms with van der Waals surface area (Å²) in [5.74, 6) is 0.245. The molecule has 16 heavy (non-hydrogen) atoms. The van der Waals surface area contributed by atoms with E-state index in [0.29, 0.717) is 12.5 Å². The summed E-state index contributed by atoms with van der Waals surface area (Å²) in [5.41, 5.74) is 0.870. The van der Waals surface area contributed by atoms with Gasteiger partial charge in [0.05, 0.1) is 9.89 Å². The third-order valence-electron chi connectivity index (χ3n) is 2.91. The average Bonchev–Trinajstić information content (AvgIpc) is 2.84. The first kappa shape index (κ1) is 12.3. The molecule has 1 saturated heterocycles. The minimum absolute atomic E-state index is 0.245. The Hall–Kier alpha value is -0.190. The Labute approximate surface area is 108 Å². The van der Waals surface area contributed by atoms with Gasteiger partial charge in [-0.25, -0.2) is 0 Å². The molecule has 0 radical (unpaired) electrons. The fourth-order valence-corrected chi connectivity index (χ4v) is 3.73. The van der Waals surface area contributed by atoms with Crippen LogP contribution < -0.4 is 0 Å². The smallest absolute Gasteiger partial charge is 0.164 e. The number of carbonyl (C=O) groups excluding carboxylic acids is 1. The van der Waals surface area contributed by atoms with E-state index in [1.807, 2.05) is 13.0 Å². The van der Waals surface area contributed by atoms with Crippen LogP contribution in [0.2, 0.25) is 0 Å². The van der Waals surface area contributed by atoms with Crippen LogP contribution in [0, 0.1) is 6.92 Å². The average molecular weight is 303 g/mol. The third-order valence-corrected chi connectivity index (χ3v) is 4.46. The van der Waals surface area contributed by atoms with Crippen LogP contribution >= 0.6 is 27.3 Å². The van der Waals surface area contributed by atoms with Crippen molar-refractivity contribution < 1.29 is 9.53 Å². The van der Waals surface area contributed by atoms with Crippen molar-refractivity contribution in [3.8, 4) is 0 Å². The summed E-state index contributed by atoms with van der Waals surface area (Å²) < 4.78 is 6.55. The molecule has 0 N–H and O–H groups in total. The zero-order chi connectivity index (χ0) is 11.5. The lowest BCUT2D eigenvalue weighted by Crippen LogP contribution is -2.08. The number of ether oxygens (including phenoxy) is 1. The molecule has 0 saturated carbocycles. The van der Waals surface area contributed by atoms with Gasteiger partial charge in [-0.05, 0) is 48.2 Å². The van der Waals surface area contributed by atoms with Crippen molar-refractivity contribution in [3.63, 3.8) is 0 Å². The number of Topliss-reactive ketones (excluding diaryl/α,β-unsaturated/α-hetero) is 1. The molecule has 1 aliphatic rings. The number of halogens is 1. The maximum atomic E-state index is 12.0. The predicted octanol–water partition coefficient (Wildman–Crippen LogP) is 3.96. The number of hydrogen-bond acceptors (Lipinski definition) is 3. The standard InChI is InChI=1S/C12H15BrO2S/c1-8-10(7-12(13)16-8)11(14)5-4-9-3-2-6-15-9/h7,9H,2-6H2,1H3. The van der Waals surface area contributed by atoms with Crippen molar-refractivity contribution >= 4 is 33.0 Å². The van der Waals surface area contributed by atoms with E-state index in [1.165, 1.54) is 0 Å². The van der Waals surface area contributed by atoms with Crippen LogP contribution in [0.25, 0.3) is 0 Å². The van der Waals surface area contributed by atoms with E-state index in [-0.39, 0.29) is 5.78 Å². The Balaban J connectivity index is 1.90. The second-order valence-corrected chi connectivity index (χ2v) is 6.75. The SMILES string of the molecule is Cc1sc(Br)cc1C(=O)CCC1CCCO1. The van der Waals surface area contributed by atoms with Crippen LogP contribution in [0.4, 0.5) is 0 Å². The molecule has 0 spiro atoms. The quantitative estimate of drug-likeness (QED) is 0.787. The molecule has 0 bridgehead atoms. The molecule has 1 aliphatic heterocycles. The van der Waals surface area contributed by atoms with Gasteiger partial charge in [0.15, 0.2) is 5.78 Å². The normalized spacial score (nSPS) is 20.2. The minimum Gasteiger partial charge on any atom is -0.378 e. The number of thiophene rings is 1. The van der Waals surface area contributed by atoms with Gasteiger partial charge in [-0.2, -0.15) is 0 Å². The van der Waals surface area contributed by atoms with Gasteiger partial charge in [-0.15, -0.1) is 11.3 Å². The van der Waals surface area contributed by atoms with Crippen molar-refractivity contribution in [2.24, 2.45) is 0 Å². The van der Waals surface area contributed by atoms with Crippen LogP contribution in [0.1, 0.15) is 40.9 Å². The largest absolute Gasteiger partial charge is 0.378 e. The Bertz CT molecular complexity index is 380. The summed E-state index contributed by atoms with van der Waals surface area (Å²) in [4.78, 5) is 13.1. The van der Waals surface area contributed by atoms with Crippen LogP contribution in [0.15, 0.2) is 9.85 Å². The highest BCUT2D eigenvalue weighted by Crippen LogP contribution is 2.28. The van der Waals surface area contributed by atoms with Crippen molar-refractivity contribution in [1.82, 2.24) is 0 Å². The van der Waals surface area contributed by atoms with Crippen molar-refractivity contribution in [2.75, 3.05) is 6.61 Å². The number of aryl methyl sites for hydroxylation is 1.